The number of halogens is 2. The first-order valence-electron chi connectivity index (χ1n) is 8.90. The standard InChI is InChI=1S/C23H16Cl2N2O2/c1-14-6-7-16(23-27-19-4-2-3-5-21(19)29-23)12-20(14)26-22(28)11-9-15-8-10-17(24)13-18(15)25/h2-13H,1H3,(H,26,28). The van der Waals surface area contributed by atoms with Gasteiger partial charge in [-0.25, -0.2) is 4.98 Å². The number of nitrogens with one attached hydrogen (secondary N) is 1. The number of anilines is 1. The first kappa shape index (κ1) is 19.2. The molecular weight excluding hydrogens is 407 g/mol. The van der Waals surface area contributed by atoms with Crippen LogP contribution in [0, 0.1) is 6.92 Å². The number of fused-ring (bicyclic) bond motifs is 1. The molecular formula is C23H16Cl2N2O2. The van der Waals surface area contributed by atoms with Crippen molar-refractivity contribution >= 4 is 52.0 Å². The molecule has 4 aromatic rings. The van der Waals surface area contributed by atoms with Crippen LogP contribution in [0.1, 0.15) is 11.1 Å². The zero-order valence-corrected chi connectivity index (χ0v) is 17.0. The molecule has 1 N–H and O–H groups in total. The van der Waals surface area contributed by atoms with E-state index in [0.29, 0.717) is 27.2 Å². The fraction of sp³-hybridized carbons (Fsp3) is 0.0435. The van der Waals surface area contributed by atoms with Crippen LogP contribution >= 0.6 is 23.2 Å². The van der Waals surface area contributed by atoms with Gasteiger partial charge in [0.1, 0.15) is 5.52 Å². The number of hydrogen-bond donors (Lipinski definition) is 1. The molecule has 1 amide bonds. The molecule has 0 aliphatic rings. The maximum Gasteiger partial charge on any atom is 0.248 e. The predicted octanol–water partition coefficient (Wildman–Crippen LogP) is 6.76. The molecule has 144 valence electrons. The van der Waals surface area contributed by atoms with Crippen molar-refractivity contribution < 1.29 is 9.21 Å². The van der Waals surface area contributed by atoms with Crippen molar-refractivity contribution in [1.82, 2.24) is 4.98 Å². The summed E-state index contributed by atoms with van der Waals surface area (Å²) < 4.78 is 5.82. The van der Waals surface area contributed by atoms with E-state index in [2.05, 4.69) is 10.3 Å². The predicted molar refractivity (Wildman–Crippen MR) is 118 cm³/mol. The molecule has 1 heterocycles. The van der Waals surface area contributed by atoms with Gasteiger partial charge in [-0.2, -0.15) is 0 Å². The molecule has 0 radical (unpaired) electrons. The number of rotatable bonds is 4. The molecule has 0 aliphatic carbocycles. The average Bonchev–Trinajstić information content (AvgIpc) is 3.13. The Balaban J connectivity index is 1.56. The second-order valence-electron chi connectivity index (χ2n) is 6.50. The monoisotopic (exact) mass is 422 g/mol. The largest absolute Gasteiger partial charge is 0.436 e. The van der Waals surface area contributed by atoms with Gasteiger partial charge < -0.3 is 9.73 Å². The van der Waals surface area contributed by atoms with E-state index in [0.717, 1.165) is 22.2 Å². The summed E-state index contributed by atoms with van der Waals surface area (Å²) in [4.78, 5) is 16.9. The minimum atomic E-state index is -0.270. The van der Waals surface area contributed by atoms with E-state index >= 15 is 0 Å². The molecule has 3 aromatic carbocycles. The van der Waals surface area contributed by atoms with E-state index < -0.39 is 0 Å². The third-order valence-corrected chi connectivity index (χ3v) is 4.98. The Morgan fingerprint density at radius 1 is 1.07 bits per heavy atom. The van der Waals surface area contributed by atoms with Gasteiger partial charge in [0.25, 0.3) is 0 Å². The van der Waals surface area contributed by atoms with Gasteiger partial charge in [-0.15, -0.1) is 0 Å². The van der Waals surface area contributed by atoms with Gasteiger partial charge >= 0.3 is 0 Å². The Labute approximate surface area is 177 Å². The van der Waals surface area contributed by atoms with E-state index in [1.54, 1.807) is 24.3 Å². The Kier molecular flexibility index (Phi) is 5.38. The van der Waals surface area contributed by atoms with Gasteiger partial charge in [0.05, 0.1) is 0 Å². The van der Waals surface area contributed by atoms with Crippen molar-refractivity contribution in [3.63, 3.8) is 0 Å². The third kappa shape index (κ3) is 4.34. The average molecular weight is 423 g/mol. The lowest BCUT2D eigenvalue weighted by Crippen LogP contribution is -2.09. The lowest BCUT2D eigenvalue weighted by molar-refractivity contribution is -0.111. The van der Waals surface area contributed by atoms with Crippen molar-refractivity contribution in [2.75, 3.05) is 5.32 Å². The Bertz CT molecular complexity index is 1210. The normalized spacial score (nSPS) is 11.3. The molecule has 0 saturated carbocycles. The fourth-order valence-corrected chi connectivity index (χ4v) is 3.33. The number of aryl methyl sites for hydroxylation is 1. The molecule has 1 aromatic heterocycles. The van der Waals surface area contributed by atoms with Crippen LogP contribution in [0.2, 0.25) is 10.0 Å². The first-order valence-corrected chi connectivity index (χ1v) is 9.66. The molecule has 0 aliphatic heterocycles. The van der Waals surface area contributed by atoms with Crippen molar-refractivity contribution in [2.24, 2.45) is 0 Å². The van der Waals surface area contributed by atoms with Crippen molar-refractivity contribution in [2.45, 2.75) is 6.92 Å². The Hall–Kier alpha value is -3.08. The summed E-state index contributed by atoms with van der Waals surface area (Å²) >= 11 is 12.0. The van der Waals surface area contributed by atoms with Crippen LogP contribution in [-0.4, -0.2) is 10.9 Å². The maximum absolute atomic E-state index is 12.4. The van der Waals surface area contributed by atoms with Gasteiger partial charge in [0.2, 0.25) is 11.8 Å². The van der Waals surface area contributed by atoms with Crippen molar-refractivity contribution in [3.8, 4) is 11.5 Å². The quantitative estimate of drug-likeness (QED) is 0.369. The summed E-state index contributed by atoms with van der Waals surface area (Å²) in [5.74, 6) is 0.235. The Morgan fingerprint density at radius 2 is 1.90 bits per heavy atom. The maximum atomic E-state index is 12.4. The van der Waals surface area contributed by atoms with E-state index in [4.69, 9.17) is 27.6 Å². The summed E-state index contributed by atoms with van der Waals surface area (Å²) in [6.45, 7) is 1.92. The smallest absolute Gasteiger partial charge is 0.248 e. The van der Waals surface area contributed by atoms with Gasteiger partial charge in [-0.1, -0.05) is 47.5 Å². The Morgan fingerprint density at radius 3 is 2.69 bits per heavy atom. The highest BCUT2D eigenvalue weighted by atomic mass is 35.5. The summed E-state index contributed by atoms with van der Waals surface area (Å²) in [5.41, 5.74) is 4.61. The molecule has 0 unspecified atom stereocenters. The van der Waals surface area contributed by atoms with E-state index in [9.17, 15) is 4.79 Å². The number of para-hydroxylation sites is 2. The van der Waals surface area contributed by atoms with Crippen LogP contribution in [0.4, 0.5) is 5.69 Å². The van der Waals surface area contributed by atoms with E-state index in [-0.39, 0.29) is 5.91 Å². The number of aromatic nitrogens is 1. The third-order valence-electron chi connectivity index (χ3n) is 4.41. The first-order chi connectivity index (χ1) is 14.0. The molecule has 0 atom stereocenters. The molecule has 4 nitrogen and oxygen atoms in total. The minimum absolute atomic E-state index is 0.270. The molecule has 0 saturated heterocycles. The van der Waals surface area contributed by atoms with Crippen LogP contribution in [0.15, 0.2) is 71.2 Å². The summed E-state index contributed by atoms with van der Waals surface area (Å²) in [6, 6.07) is 18.4. The molecule has 0 bridgehead atoms. The minimum Gasteiger partial charge on any atom is -0.436 e. The number of nitrogens with zero attached hydrogens (tertiary/aromatic N) is 1. The van der Waals surface area contributed by atoms with Crippen LogP contribution < -0.4 is 5.32 Å². The van der Waals surface area contributed by atoms with Gasteiger partial charge in [-0.3, -0.25) is 4.79 Å². The van der Waals surface area contributed by atoms with Crippen LogP contribution in [0.5, 0.6) is 0 Å². The molecule has 0 spiro atoms. The van der Waals surface area contributed by atoms with Gasteiger partial charge in [0, 0.05) is 27.4 Å². The molecule has 6 heteroatoms. The highest BCUT2D eigenvalue weighted by molar-refractivity contribution is 6.35. The van der Waals surface area contributed by atoms with Gasteiger partial charge in [-0.05, 0) is 60.5 Å². The topological polar surface area (TPSA) is 55.1 Å². The lowest BCUT2D eigenvalue weighted by atomic mass is 10.1. The zero-order valence-electron chi connectivity index (χ0n) is 15.4. The number of benzene rings is 3. The highest BCUT2D eigenvalue weighted by Crippen LogP contribution is 2.28. The SMILES string of the molecule is Cc1ccc(-c2nc3ccccc3o2)cc1NC(=O)C=Cc1ccc(Cl)cc1Cl. The second kappa shape index (κ2) is 8.11. The molecule has 29 heavy (non-hydrogen) atoms. The summed E-state index contributed by atoms with van der Waals surface area (Å²) in [6.07, 6.45) is 3.08. The number of carbonyl (C=O) groups excluding carboxylic acids is 1. The lowest BCUT2D eigenvalue weighted by Gasteiger charge is -2.08. The number of hydrogen-bond acceptors (Lipinski definition) is 3. The summed E-state index contributed by atoms with van der Waals surface area (Å²) in [5, 5.41) is 3.92. The van der Waals surface area contributed by atoms with Crippen LogP contribution in [-0.2, 0) is 4.79 Å². The number of amides is 1. The van der Waals surface area contributed by atoms with Crippen molar-refractivity contribution in [3.05, 3.63) is 87.9 Å². The van der Waals surface area contributed by atoms with Gasteiger partial charge in [0.15, 0.2) is 5.58 Å². The molecule has 4 rings (SSSR count). The number of oxazole rings is 1. The van der Waals surface area contributed by atoms with E-state index in [1.165, 1.54) is 6.08 Å². The highest BCUT2D eigenvalue weighted by Gasteiger charge is 2.11. The van der Waals surface area contributed by atoms with Crippen LogP contribution in [0.25, 0.3) is 28.6 Å². The fourth-order valence-electron chi connectivity index (χ4n) is 2.86. The van der Waals surface area contributed by atoms with Crippen molar-refractivity contribution in [1.29, 1.82) is 0 Å². The number of carbonyl (C=O) groups is 1. The molecule has 0 fully saturated rings. The summed E-state index contributed by atoms with van der Waals surface area (Å²) in [7, 11) is 0. The second-order valence-corrected chi connectivity index (χ2v) is 7.35. The van der Waals surface area contributed by atoms with Crippen LogP contribution in [0.3, 0.4) is 0 Å². The van der Waals surface area contributed by atoms with E-state index in [1.807, 2.05) is 49.4 Å². The zero-order chi connectivity index (χ0) is 20.4.